The quantitative estimate of drug-likeness (QED) is 0.695. The van der Waals surface area contributed by atoms with E-state index in [0.29, 0.717) is 17.9 Å². The molecule has 0 radical (unpaired) electrons. The summed E-state index contributed by atoms with van der Waals surface area (Å²) in [5, 5.41) is 16.8. The van der Waals surface area contributed by atoms with Crippen LogP contribution >= 0.6 is 11.3 Å². The van der Waals surface area contributed by atoms with Crippen LogP contribution in [0.3, 0.4) is 0 Å². The van der Waals surface area contributed by atoms with Crippen LogP contribution in [0.15, 0.2) is 17.5 Å². The van der Waals surface area contributed by atoms with Crippen molar-refractivity contribution in [2.75, 3.05) is 26.3 Å². The van der Waals surface area contributed by atoms with Crippen LogP contribution in [0.1, 0.15) is 16.1 Å². The summed E-state index contributed by atoms with van der Waals surface area (Å²) in [6.07, 6.45) is 0.509. The normalized spacial score (nSPS) is 22.2. The fraction of sp³-hybridized carbons (Fsp3) is 0.500. The Hall–Kier alpha value is -1.44. The van der Waals surface area contributed by atoms with Crippen LogP contribution < -0.4 is 10.6 Å². The molecule has 0 bridgehead atoms. The third-order valence-electron chi connectivity index (χ3n) is 2.85. The lowest BCUT2D eigenvalue weighted by Crippen LogP contribution is -2.46. The van der Waals surface area contributed by atoms with Crippen LogP contribution in [-0.4, -0.2) is 48.8 Å². The molecule has 1 aromatic rings. The molecule has 2 amide bonds. The third-order valence-corrected chi connectivity index (χ3v) is 3.72. The Bertz CT molecular complexity index is 441. The second-order valence-corrected chi connectivity index (χ2v) is 5.41. The number of rotatable bonds is 5. The van der Waals surface area contributed by atoms with Gasteiger partial charge in [0.2, 0.25) is 5.91 Å². The van der Waals surface area contributed by atoms with Gasteiger partial charge in [0.25, 0.3) is 5.91 Å². The molecule has 2 heterocycles. The minimum atomic E-state index is -0.979. The molecule has 1 unspecified atom stereocenters. The summed E-state index contributed by atoms with van der Waals surface area (Å²) in [6.45, 7) is 0.769. The van der Waals surface area contributed by atoms with Gasteiger partial charge in [-0.3, -0.25) is 9.59 Å². The number of carbonyl (C=O) groups is 2. The lowest BCUT2D eigenvalue weighted by molar-refractivity contribution is -0.121. The average Bonchev–Trinajstić information content (AvgIpc) is 3.05. The van der Waals surface area contributed by atoms with E-state index in [2.05, 4.69) is 10.6 Å². The summed E-state index contributed by atoms with van der Waals surface area (Å²) in [4.78, 5) is 23.7. The highest BCUT2D eigenvalue weighted by molar-refractivity contribution is 7.12. The minimum Gasteiger partial charge on any atom is -0.386 e. The molecule has 1 aromatic heterocycles. The molecule has 0 aliphatic carbocycles. The molecular weight excluding hydrogens is 268 g/mol. The monoisotopic (exact) mass is 284 g/mol. The second-order valence-electron chi connectivity index (χ2n) is 4.46. The van der Waals surface area contributed by atoms with E-state index in [1.165, 1.54) is 11.3 Å². The molecular formula is C12H16N2O4S. The van der Waals surface area contributed by atoms with Crippen molar-refractivity contribution in [2.45, 2.75) is 12.0 Å². The number of amides is 2. The number of ether oxygens (including phenoxy) is 1. The van der Waals surface area contributed by atoms with Crippen LogP contribution in [0.4, 0.5) is 0 Å². The van der Waals surface area contributed by atoms with Crippen molar-refractivity contribution in [1.29, 1.82) is 0 Å². The number of nitrogens with one attached hydrogen (secondary N) is 2. The van der Waals surface area contributed by atoms with Crippen molar-refractivity contribution in [1.82, 2.24) is 10.6 Å². The summed E-state index contributed by atoms with van der Waals surface area (Å²) in [5.41, 5.74) is -0.979. The predicted molar refractivity (Wildman–Crippen MR) is 70.0 cm³/mol. The van der Waals surface area contributed by atoms with Crippen molar-refractivity contribution >= 4 is 23.2 Å². The van der Waals surface area contributed by atoms with Gasteiger partial charge < -0.3 is 20.5 Å². The molecule has 0 saturated carbocycles. The number of hydrogen-bond acceptors (Lipinski definition) is 5. The van der Waals surface area contributed by atoms with Crippen LogP contribution in [0.5, 0.6) is 0 Å². The summed E-state index contributed by atoms with van der Waals surface area (Å²) >= 11 is 1.32. The molecule has 1 atom stereocenters. The van der Waals surface area contributed by atoms with Crippen molar-refractivity contribution in [2.24, 2.45) is 0 Å². The number of carbonyl (C=O) groups excluding carboxylic acids is 2. The van der Waals surface area contributed by atoms with E-state index in [4.69, 9.17) is 4.74 Å². The third kappa shape index (κ3) is 4.02. The molecule has 3 N–H and O–H groups in total. The van der Waals surface area contributed by atoms with Gasteiger partial charge in [0.1, 0.15) is 5.60 Å². The Morgan fingerprint density at radius 2 is 2.32 bits per heavy atom. The van der Waals surface area contributed by atoms with Gasteiger partial charge in [-0.05, 0) is 11.4 Å². The number of hydrogen-bond donors (Lipinski definition) is 3. The minimum absolute atomic E-state index is 0.104. The first-order valence-electron chi connectivity index (χ1n) is 5.98. The van der Waals surface area contributed by atoms with E-state index in [9.17, 15) is 14.7 Å². The van der Waals surface area contributed by atoms with E-state index in [1.54, 1.807) is 17.5 Å². The molecule has 0 spiro atoms. The average molecular weight is 284 g/mol. The van der Waals surface area contributed by atoms with Crippen LogP contribution in [0, 0.1) is 0 Å². The Kier molecular flexibility index (Phi) is 4.52. The molecule has 7 heteroatoms. The van der Waals surface area contributed by atoms with Crippen LogP contribution in [-0.2, 0) is 9.53 Å². The number of thiophene rings is 1. The van der Waals surface area contributed by atoms with Gasteiger partial charge in [-0.2, -0.15) is 0 Å². The first-order valence-corrected chi connectivity index (χ1v) is 6.86. The maximum Gasteiger partial charge on any atom is 0.261 e. The Morgan fingerprint density at radius 1 is 1.47 bits per heavy atom. The van der Waals surface area contributed by atoms with Crippen molar-refractivity contribution in [3.63, 3.8) is 0 Å². The first kappa shape index (κ1) is 14.0. The largest absolute Gasteiger partial charge is 0.386 e. The summed E-state index contributed by atoms with van der Waals surface area (Å²) < 4.78 is 5.07. The topological polar surface area (TPSA) is 87.7 Å². The molecule has 104 valence electrons. The zero-order valence-electron chi connectivity index (χ0n) is 10.3. The van der Waals surface area contributed by atoms with Gasteiger partial charge >= 0.3 is 0 Å². The second kappa shape index (κ2) is 6.14. The van der Waals surface area contributed by atoms with Gasteiger partial charge in [0.15, 0.2) is 0 Å². The van der Waals surface area contributed by atoms with Gasteiger partial charge in [-0.15, -0.1) is 11.3 Å². The highest BCUT2D eigenvalue weighted by Crippen LogP contribution is 2.16. The Labute approximate surface area is 114 Å². The van der Waals surface area contributed by atoms with Crippen LogP contribution in [0.25, 0.3) is 0 Å². The lowest BCUT2D eigenvalue weighted by atomic mass is 10.0. The summed E-state index contributed by atoms with van der Waals surface area (Å²) in [7, 11) is 0. The van der Waals surface area contributed by atoms with Crippen molar-refractivity contribution in [3.8, 4) is 0 Å². The molecule has 1 saturated heterocycles. The van der Waals surface area contributed by atoms with E-state index in [1.807, 2.05) is 0 Å². The molecule has 2 rings (SSSR count). The maximum absolute atomic E-state index is 11.6. The zero-order chi connectivity index (χ0) is 13.7. The molecule has 19 heavy (non-hydrogen) atoms. The smallest absolute Gasteiger partial charge is 0.261 e. The molecule has 1 aliphatic heterocycles. The molecule has 6 nitrogen and oxygen atoms in total. The van der Waals surface area contributed by atoms with Gasteiger partial charge in [-0.1, -0.05) is 6.07 Å². The molecule has 0 aromatic carbocycles. The molecule has 1 aliphatic rings. The highest BCUT2D eigenvalue weighted by atomic mass is 32.1. The van der Waals surface area contributed by atoms with E-state index in [0.717, 1.165) is 0 Å². The zero-order valence-corrected chi connectivity index (χ0v) is 11.2. The van der Waals surface area contributed by atoms with E-state index >= 15 is 0 Å². The Morgan fingerprint density at radius 3 is 2.95 bits per heavy atom. The van der Waals surface area contributed by atoms with Crippen molar-refractivity contribution < 1.29 is 19.4 Å². The summed E-state index contributed by atoms with van der Waals surface area (Å²) in [5.74, 6) is -0.599. The standard InChI is InChI=1S/C12H16N2O4S/c15-10(14-7-12(17)3-4-18-8-12)6-13-11(16)9-2-1-5-19-9/h1-2,5,17H,3-4,6-8H2,(H,13,16)(H,14,15). The fourth-order valence-corrected chi connectivity index (χ4v) is 2.36. The highest BCUT2D eigenvalue weighted by Gasteiger charge is 2.32. The van der Waals surface area contributed by atoms with Gasteiger partial charge in [-0.25, -0.2) is 0 Å². The Balaban J connectivity index is 1.68. The lowest BCUT2D eigenvalue weighted by Gasteiger charge is -2.20. The fourth-order valence-electron chi connectivity index (χ4n) is 1.72. The predicted octanol–water partition coefficient (Wildman–Crippen LogP) is -0.255. The SMILES string of the molecule is O=C(CNC(=O)c1cccs1)NCC1(O)CCOC1. The number of aliphatic hydroxyl groups is 1. The van der Waals surface area contributed by atoms with E-state index < -0.39 is 5.60 Å². The maximum atomic E-state index is 11.6. The van der Waals surface area contributed by atoms with Crippen LogP contribution in [0.2, 0.25) is 0 Å². The van der Waals surface area contributed by atoms with Crippen molar-refractivity contribution in [3.05, 3.63) is 22.4 Å². The first-order chi connectivity index (χ1) is 9.09. The summed E-state index contributed by atoms with van der Waals surface area (Å²) in [6, 6.07) is 3.46. The van der Waals surface area contributed by atoms with E-state index in [-0.39, 0.29) is 31.5 Å². The van der Waals surface area contributed by atoms with Gasteiger partial charge in [0, 0.05) is 19.6 Å². The molecule has 1 fully saturated rings. The van der Waals surface area contributed by atoms with Gasteiger partial charge in [0.05, 0.1) is 18.0 Å².